The molecule has 4 heteroatoms. The highest BCUT2D eigenvalue weighted by Crippen LogP contribution is 2.56. The number of anilines is 6. The molecule has 0 amide bonds. The van der Waals surface area contributed by atoms with Crippen LogP contribution in [0.25, 0.3) is 60.4 Å². The first kappa shape index (κ1) is 42.1. The van der Waals surface area contributed by atoms with Crippen LogP contribution in [0.4, 0.5) is 34.1 Å². The van der Waals surface area contributed by atoms with Crippen molar-refractivity contribution in [3.63, 3.8) is 0 Å². The maximum Gasteiger partial charge on any atom is 0.198 e. The van der Waals surface area contributed by atoms with Crippen LogP contribution in [0.1, 0.15) is 56.7 Å². The topological polar surface area (TPSA) is 22.3 Å². The third-order valence-electron chi connectivity index (χ3n) is 15.4. The molecule has 70 heavy (non-hydrogen) atoms. The van der Waals surface area contributed by atoms with Crippen molar-refractivity contribution in [2.45, 2.75) is 51.9 Å². The van der Waals surface area contributed by atoms with Crippen LogP contribution in [0.3, 0.4) is 0 Å². The zero-order chi connectivity index (χ0) is 46.9. The molecule has 0 unspecified atom stereocenters. The number of fused-ring (bicyclic) bond motifs is 10. The molecule has 2 heterocycles. The summed E-state index contributed by atoms with van der Waals surface area (Å²) in [5.41, 5.74) is 23.5. The number of unbranched alkanes of at least 4 members (excludes halogenated alkanes) is 1. The van der Waals surface area contributed by atoms with Gasteiger partial charge in [0.1, 0.15) is 0 Å². The summed E-state index contributed by atoms with van der Waals surface area (Å²) in [4.78, 5) is 9.10. The number of nitrogens with one attached hydrogen (secondary N) is 1. The normalized spacial score (nSPS) is 14.4. The zero-order valence-corrected chi connectivity index (χ0v) is 40.1. The van der Waals surface area contributed by atoms with Crippen molar-refractivity contribution in [3.05, 3.63) is 235 Å². The molecule has 0 atom stereocenters. The Kier molecular flexibility index (Phi) is 10.1. The second kappa shape index (κ2) is 16.9. The van der Waals surface area contributed by atoms with Gasteiger partial charge in [-0.25, -0.2) is 0 Å². The number of allylic oxidation sites excluding steroid dienone is 6. The minimum absolute atomic E-state index is 0.262. The van der Waals surface area contributed by atoms with Crippen molar-refractivity contribution < 1.29 is 0 Å². The number of benzene rings is 9. The molecule has 1 aliphatic heterocycles. The highest BCUT2D eigenvalue weighted by atomic mass is 15.2. The summed E-state index contributed by atoms with van der Waals surface area (Å²) in [7, 11) is 0.776. The summed E-state index contributed by atoms with van der Waals surface area (Å²) in [5.74, 6) is 0. The van der Waals surface area contributed by atoms with Gasteiger partial charge in [0.05, 0.1) is 11.2 Å². The number of aromatic amines is 1. The SMILES string of the molecule is CCCCc1ccc(N2c3cc(N(c4ccccc4)c4ccccc4)ccc3Bc3c(-c4cccc5c4[nH]c4ccc6ccccc6c45)cc4c(c32)C2=C(C=CCC=C2)C4(C)C)c(-c2ccccc2)c1. The van der Waals surface area contributed by atoms with Crippen LogP contribution in [0.2, 0.25) is 0 Å². The highest BCUT2D eigenvalue weighted by molar-refractivity contribution is 6.73. The van der Waals surface area contributed by atoms with Gasteiger partial charge in [-0.3, -0.25) is 0 Å². The molecule has 0 fully saturated rings. The third-order valence-corrected chi connectivity index (χ3v) is 15.4. The molecule has 10 aromatic rings. The molecule has 0 bridgehead atoms. The Labute approximate surface area is 412 Å². The molecule has 0 saturated heterocycles. The van der Waals surface area contributed by atoms with Gasteiger partial charge >= 0.3 is 0 Å². The summed E-state index contributed by atoms with van der Waals surface area (Å²) in [6.07, 6.45) is 13.8. The monoisotopic (exact) mass is 899 g/mol. The molecule has 1 aromatic heterocycles. The number of aryl methyl sites for hydroxylation is 1. The second-order valence-corrected chi connectivity index (χ2v) is 19.9. The van der Waals surface area contributed by atoms with Crippen molar-refractivity contribution in [1.29, 1.82) is 0 Å². The predicted molar refractivity (Wildman–Crippen MR) is 301 cm³/mol. The summed E-state index contributed by atoms with van der Waals surface area (Å²) in [6.45, 7) is 7.18. The van der Waals surface area contributed by atoms with E-state index in [1.165, 1.54) is 105 Å². The molecule has 0 saturated carbocycles. The number of H-pyrrole nitrogens is 1. The lowest BCUT2D eigenvalue weighted by Crippen LogP contribution is -2.42. The van der Waals surface area contributed by atoms with E-state index in [4.69, 9.17) is 0 Å². The summed E-state index contributed by atoms with van der Waals surface area (Å²) in [6, 6.07) is 70.2. The lowest BCUT2D eigenvalue weighted by atomic mass is 9.57. The molecule has 9 aromatic carbocycles. The molecule has 3 aliphatic rings. The van der Waals surface area contributed by atoms with Gasteiger partial charge < -0.3 is 14.8 Å². The first-order valence-corrected chi connectivity index (χ1v) is 25.2. The smallest absolute Gasteiger partial charge is 0.198 e. The van der Waals surface area contributed by atoms with Crippen LogP contribution in [-0.4, -0.2) is 12.3 Å². The van der Waals surface area contributed by atoms with Gasteiger partial charge in [0.15, 0.2) is 7.28 Å². The van der Waals surface area contributed by atoms with E-state index in [1.807, 2.05) is 0 Å². The second-order valence-electron chi connectivity index (χ2n) is 19.9. The molecular weight excluding hydrogens is 846 g/mol. The maximum absolute atomic E-state index is 4.01. The quantitative estimate of drug-likeness (QED) is 0.146. The Morgan fingerprint density at radius 1 is 0.614 bits per heavy atom. The van der Waals surface area contributed by atoms with Gasteiger partial charge in [-0.05, 0) is 130 Å². The van der Waals surface area contributed by atoms with Crippen molar-refractivity contribution in [2.24, 2.45) is 0 Å². The maximum atomic E-state index is 4.01. The average molecular weight is 900 g/mol. The van der Waals surface area contributed by atoms with E-state index in [-0.39, 0.29) is 5.41 Å². The molecule has 2 aliphatic carbocycles. The van der Waals surface area contributed by atoms with Crippen LogP contribution in [0.15, 0.2) is 218 Å². The molecule has 13 rings (SSSR count). The minimum atomic E-state index is -0.262. The number of aromatic nitrogens is 1. The van der Waals surface area contributed by atoms with E-state index in [2.05, 4.69) is 248 Å². The fourth-order valence-corrected chi connectivity index (χ4v) is 12.0. The summed E-state index contributed by atoms with van der Waals surface area (Å²) in [5, 5.41) is 5.07. The van der Waals surface area contributed by atoms with E-state index >= 15 is 0 Å². The van der Waals surface area contributed by atoms with Gasteiger partial charge in [0.25, 0.3) is 0 Å². The van der Waals surface area contributed by atoms with E-state index in [1.54, 1.807) is 0 Å². The first-order chi connectivity index (χ1) is 34.5. The Morgan fingerprint density at radius 3 is 2.13 bits per heavy atom. The van der Waals surface area contributed by atoms with Crippen LogP contribution >= 0.6 is 0 Å². The molecule has 3 nitrogen and oxygen atoms in total. The van der Waals surface area contributed by atoms with Gasteiger partial charge in [0, 0.05) is 66.8 Å². The van der Waals surface area contributed by atoms with E-state index in [0.29, 0.717) is 0 Å². The standard InChI is InChI=1S/C66H54BN3/c1-4-5-21-43-34-39-59(53(40-43)44-22-10-6-11-23-44)70-60-41-48(69(46-25-12-7-13-26-46)47-27-14-8-15-28-47)36-37-57(60)67-63-54(42-56-62(65(63)70)51-30-16-9-17-33-55(51)66(56,2)3)50-31-20-32-52-61-49-29-19-18-24-45(49)35-38-58(61)68-64(50)52/h6-8,10-20,22-42,67-68H,4-5,9,21H2,1-3H3. The number of rotatable bonds is 9. The van der Waals surface area contributed by atoms with Crippen LogP contribution in [0.5, 0.6) is 0 Å². The van der Waals surface area contributed by atoms with Crippen LogP contribution < -0.4 is 20.7 Å². The fourth-order valence-electron chi connectivity index (χ4n) is 12.0. The summed E-state index contributed by atoms with van der Waals surface area (Å²) < 4.78 is 0. The first-order valence-electron chi connectivity index (χ1n) is 25.2. The largest absolute Gasteiger partial charge is 0.354 e. The third kappa shape index (κ3) is 6.72. The van der Waals surface area contributed by atoms with Crippen molar-refractivity contribution in [2.75, 3.05) is 9.80 Å². The van der Waals surface area contributed by atoms with Gasteiger partial charge in [-0.1, -0.05) is 184 Å². The number of nitrogens with zero attached hydrogens (tertiary/aromatic N) is 2. The van der Waals surface area contributed by atoms with Gasteiger partial charge in [-0.2, -0.15) is 0 Å². The average Bonchev–Trinajstić information content (AvgIpc) is 3.75. The molecule has 336 valence electrons. The van der Waals surface area contributed by atoms with Gasteiger partial charge in [-0.15, -0.1) is 0 Å². The zero-order valence-electron chi connectivity index (χ0n) is 40.1. The summed E-state index contributed by atoms with van der Waals surface area (Å²) >= 11 is 0. The number of hydrogen-bond acceptors (Lipinski definition) is 2. The number of hydrogen-bond donors (Lipinski definition) is 1. The van der Waals surface area contributed by atoms with Crippen LogP contribution in [-0.2, 0) is 11.8 Å². The lowest BCUT2D eigenvalue weighted by molar-refractivity contribution is 0.654. The Bertz CT molecular complexity index is 3740. The molecule has 1 N–H and O–H groups in total. The Morgan fingerprint density at radius 2 is 1.34 bits per heavy atom. The van der Waals surface area contributed by atoms with E-state index < -0.39 is 0 Å². The Hall–Kier alpha value is -8.08. The van der Waals surface area contributed by atoms with E-state index in [0.717, 1.165) is 55.5 Å². The van der Waals surface area contributed by atoms with Crippen molar-refractivity contribution >= 4 is 90.5 Å². The lowest BCUT2D eigenvalue weighted by Gasteiger charge is -2.39. The fraction of sp³-hybridized carbons (Fsp3) is 0.121. The van der Waals surface area contributed by atoms with Crippen molar-refractivity contribution in [1.82, 2.24) is 4.98 Å². The van der Waals surface area contributed by atoms with Gasteiger partial charge in [0.2, 0.25) is 0 Å². The predicted octanol–water partition coefficient (Wildman–Crippen LogP) is 16.4. The molecular formula is C66H54BN3. The minimum Gasteiger partial charge on any atom is -0.354 e. The molecule has 0 radical (unpaired) electrons. The molecule has 0 spiro atoms. The van der Waals surface area contributed by atoms with Crippen molar-refractivity contribution in [3.8, 4) is 22.3 Å². The van der Waals surface area contributed by atoms with E-state index in [9.17, 15) is 0 Å². The Balaban J connectivity index is 1.15. The number of para-hydroxylation sites is 3. The highest BCUT2D eigenvalue weighted by Gasteiger charge is 2.43. The van der Waals surface area contributed by atoms with Crippen LogP contribution in [0, 0.1) is 0 Å².